The predicted molar refractivity (Wildman–Crippen MR) is 88.0 cm³/mol. The number of aliphatic hydroxyl groups is 1. The summed E-state index contributed by atoms with van der Waals surface area (Å²) in [5.74, 6) is 0.0989. The third-order valence-corrected chi connectivity index (χ3v) is 4.85. The Bertz CT molecular complexity index is 708. The van der Waals surface area contributed by atoms with E-state index in [-0.39, 0.29) is 18.6 Å². The van der Waals surface area contributed by atoms with Crippen LogP contribution in [0.25, 0.3) is 0 Å². The van der Waals surface area contributed by atoms with Gasteiger partial charge in [0.1, 0.15) is 0 Å². The molecule has 1 atom stereocenters. The van der Waals surface area contributed by atoms with Crippen LogP contribution in [0.2, 0.25) is 0 Å². The average Bonchev–Trinajstić information content (AvgIpc) is 2.90. The molecule has 1 aliphatic rings. The number of hydrogen-bond acceptors (Lipinski definition) is 3. The standard InChI is InChI=1S/C18H23N3O2/c1-13-15(11-19-20(13)2)7-8-18(23)21-10-9-14-5-3-4-6-16(14)17(21)12-22/h3-6,11,17,22H,7-10,12H2,1-2H3/t17-/m0/s1. The summed E-state index contributed by atoms with van der Waals surface area (Å²) in [5, 5.41) is 14.0. The molecule has 5 heteroatoms. The normalized spacial score (nSPS) is 17.2. The average molecular weight is 313 g/mol. The van der Waals surface area contributed by atoms with E-state index in [9.17, 15) is 9.90 Å². The number of amides is 1. The molecule has 0 aliphatic carbocycles. The molecular formula is C18H23N3O2. The largest absolute Gasteiger partial charge is 0.394 e. The number of carbonyl (C=O) groups excluding carboxylic acids is 1. The molecule has 0 fully saturated rings. The molecule has 0 unspecified atom stereocenters. The van der Waals surface area contributed by atoms with Gasteiger partial charge in [-0.05, 0) is 36.5 Å². The van der Waals surface area contributed by atoms with E-state index in [1.807, 2.05) is 47.9 Å². The lowest BCUT2D eigenvalue weighted by atomic mass is 9.92. The molecule has 2 heterocycles. The van der Waals surface area contributed by atoms with Gasteiger partial charge in [-0.15, -0.1) is 0 Å². The van der Waals surface area contributed by atoms with Crippen molar-refractivity contribution in [2.75, 3.05) is 13.2 Å². The van der Waals surface area contributed by atoms with Crippen LogP contribution in [0, 0.1) is 6.92 Å². The van der Waals surface area contributed by atoms with Crippen molar-refractivity contribution in [3.05, 3.63) is 52.8 Å². The third-order valence-electron chi connectivity index (χ3n) is 4.85. The van der Waals surface area contributed by atoms with E-state index in [4.69, 9.17) is 0 Å². The summed E-state index contributed by atoms with van der Waals surface area (Å²) in [6.07, 6.45) is 3.82. The second-order valence-electron chi connectivity index (χ2n) is 6.11. The molecule has 0 radical (unpaired) electrons. The third kappa shape index (κ3) is 3.01. The lowest BCUT2D eigenvalue weighted by Crippen LogP contribution is -2.41. The molecule has 3 rings (SSSR count). The molecule has 1 N–H and O–H groups in total. The summed E-state index contributed by atoms with van der Waals surface area (Å²) >= 11 is 0. The smallest absolute Gasteiger partial charge is 0.223 e. The molecule has 1 amide bonds. The Balaban J connectivity index is 1.71. The minimum Gasteiger partial charge on any atom is -0.394 e. The Labute approximate surface area is 136 Å². The highest BCUT2D eigenvalue weighted by atomic mass is 16.3. The zero-order valence-corrected chi connectivity index (χ0v) is 13.7. The molecule has 1 aromatic carbocycles. The minimum absolute atomic E-state index is 0.0331. The van der Waals surface area contributed by atoms with Gasteiger partial charge in [-0.2, -0.15) is 5.10 Å². The van der Waals surface area contributed by atoms with Gasteiger partial charge in [-0.3, -0.25) is 9.48 Å². The van der Waals surface area contributed by atoms with Crippen LogP contribution in [-0.4, -0.2) is 38.8 Å². The number of hydrogen-bond donors (Lipinski definition) is 1. The molecule has 0 spiro atoms. The van der Waals surface area contributed by atoms with Crippen molar-refractivity contribution in [3.8, 4) is 0 Å². The van der Waals surface area contributed by atoms with E-state index in [0.29, 0.717) is 19.4 Å². The molecule has 1 aromatic heterocycles. The van der Waals surface area contributed by atoms with Gasteiger partial charge < -0.3 is 10.0 Å². The van der Waals surface area contributed by atoms with Gasteiger partial charge in [0.05, 0.1) is 18.8 Å². The Hall–Kier alpha value is -2.14. The highest BCUT2D eigenvalue weighted by molar-refractivity contribution is 5.77. The molecule has 1 aliphatic heterocycles. The summed E-state index contributed by atoms with van der Waals surface area (Å²) in [7, 11) is 1.91. The fourth-order valence-corrected chi connectivity index (χ4v) is 3.32. The zero-order valence-electron chi connectivity index (χ0n) is 13.7. The molecule has 23 heavy (non-hydrogen) atoms. The molecule has 2 aromatic rings. The first kappa shape index (κ1) is 15.7. The second kappa shape index (κ2) is 6.54. The van der Waals surface area contributed by atoms with Crippen LogP contribution in [0.15, 0.2) is 30.5 Å². The molecule has 5 nitrogen and oxygen atoms in total. The van der Waals surface area contributed by atoms with E-state index in [2.05, 4.69) is 11.2 Å². The Morgan fingerprint density at radius 2 is 2.17 bits per heavy atom. The van der Waals surface area contributed by atoms with Gasteiger partial charge in [0.2, 0.25) is 5.91 Å². The maximum Gasteiger partial charge on any atom is 0.223 e. The van der Waals surface area contributed by atoms with Crippen LogP contribution >= 0.6 is 0 Å². The molecular weight excluding hydrogens is 290 g/mol. The highest BCUT2D eigenvalue weighted by Crippen LogP contribution is 2.30. The Morgan fingerprint density at radius 3 is 2.87 bits per heavy atom. The van der Waals surface area contributed by atoms with Gasteiger partial charge in [0.15, 0.2) is 0 Å². The van der Waals surface area contributed by atoms with Crippen LogP contribution in [0.4, 0.5) is 0 Å². The van der Waals surface area contributed by atoms with E-state index >= 15 is 0 Å². The lowest BCUT2D eigenvalue weighted by molar-refractivity contribution is -0.135. The summed E-state index contributed by atoms with van der Waals surface area (Å²) < 4.78 is 1.83. The van der Waals surface area contributed by atoms with Crippen molar-refractivity contribution < 1.29 is 9.90 Å². The summed E-state index contributed by atoms with van der Waals surface area (Å²) in [4.78, 5) is 14.5. The second-order valence-corrected chi connectivity index (χ2v) is 6.11. The van der Waals surface area contributed by atoms with Crippen molar-refractivity contribution in [3.63, 3.8) is 0 Å². The SMILES string of the molecule is Cc1c(CCC(=O)N2CCc3ccccc3[C@@H]2CO)cnn1C. The first-order chi connectivity index (χ1) is 11.1. The van der Waals surface area contributed by atoms with Gasteiger partial charge in [0.25, 0.3) is 0 Å². The summed E-state index contributed by atoms with van der Waals surface area (Å²) in [6, 6.07) is 7.85. The first-order valence-electron chi connectivity index (χ1n) is 8.07. The highest BCUT2D eigenvalue weighted by Gasteiger charge is 2.29. The zero-order chi connectivity index (χ0) is 16.4. The van der Waals surface area contributed by atoms with Crippen molar-refractivity contribution >= 4 is 5.91 Å². The topological polar surface area (TPSA) is 58.4 Å². The number of benzene rings is 1. The number of rotatable bonds is 4. The Kier molecular flexibility index (Phi) is 4.48. The number of nitrogens with zero attached hydrogens (tertiary/aromatic N) is 3. The van der Waals surface area contributed by atoms with Gasteiger partial charge >= 0.3 is 0 Å². The van der Waals surface area contributed by atoms with Crippen LogP contribution in [0.1, 0.15) is 34.8 Å². The van der Waals surface area contributed by atoms with Crippen molar-refractivity contribution in [2.45, 2.75) is 32.2 Å². The number of carbonyl (C=O) groups is 1. The van der Waals surface area contributed by atoms with Crippen molar-refractivity contribution in [1.29, 1.82) is 0 Å². The van der Waals surface area contributed by atoms with Crippen molar-refractivity contribution in [2.24, 2.45) is 7.05 Å². The van der Waals surface area contributed by atoms with E-state index in [0.717, 1.165) is 23.2 Å². The first-order valence-corrected chi connectivity index (χ1v) is 8.07. The summed E-state index contributed by atoms with van der Waals surface area (Å²) in [6.45, 7) is 2.66. The van der Waals surface area contributed by atoms with Gasteiger partial charge in [-0.1, -0.05) is 24.3 Å². The van der Waals surface area contributed by atoms with Crippen LogP contribution in [0.5, 0.6) is 0 Å². The monoisotopic (exact) mass is 313 g/mol. The van der Waals surface area contributed by atoms with Crippen LogP contribution in [0.3, 0.4) is 0 Å². The van der Waals surface area contributed by atoms with E-state index in [1.54, 1.807) is 0 Å². The number of aromatic nitrogens is 2. The predicted octanol–water partition coefficient (Wildman–Crippen LogP) is 1.78. The van der Waals surface area contributed by atoms with Gasteiger partial charge in [-0.25, -0.2) is 0 Å². The lowest BCUT2D eigenvalue weighted by Gasteiger charge is -2.36. The molecule has 0 bridgehead atoms. The van der Waals surface area contributed by atoms with Crippen LogP contribution < -0.4 is 0 Å². The van der Waals surface area contributed by atoms with Crippen molar-refractivity contribution in [1.82, 2.24) is 14.7 Å². The summed E-state index contributed by atoms with van der Waals surface area (Å²) in [5.41, 5.74) is 4.52. The molecule has 0 saturated carbocycles. The van der Waals surface area contributed by atoms with E-state index < -0.39 is 0 Å². The quantitative estimate of drug-likeness (QED) is 0.936. The number of fused-ring (bicyclic) bond motifs is 1. The maximum absolute atomic E-state index is 12.7. The fourth-order valence-electron chi connectivity index (χ4n) is 3.32. The minimum atomic E-state index is -0.220. The number of aliphatic hydroxyl groups excluding tert-OH is 1. The van der Waals surface area contributed by atoms with Gasteiger partial charge in [0, 0.05) is 25.7 Å². The van der Waals surface area contributed by atoms with E-state index in [1.165, 1.54) is 5.56 Å². The molecule has 0 saturated heterocycles. The fraction of sp³-hybridized carbons (Fsp3) is 0.444. The number of aryl methyl sites for hydroxylation is 2. The Morgan fingerprint density at radius 1 is 1.39 bits per heavy atom. The maximum atomic E-state index is 12.7. The van der Waals surface area contributed by atoms with Crippen LogP contribution in [-0.2, 0) is 24.7 Å². The molecule has 122 valence electrons.